The van der Waals surface area contributed by atoms with E-state index in [1.807, 2.05) is 39.2 Å². The molecule has 0 fully saturated rings. The van der Waals surface area contributed by atoms with Crippen LogP contribution in [0.15, 0.2) is 42.5 Å². The molecule has 1 aliphatic rings. The lowest BCUT2D eigenvalue weighted by Crippen LogP contribution is -2.47. The maximum absolute atomic E-state index is 13.3. The fourth-order valence-corrected chi connectivity index (χ4v) is 4.88. The minimum Gasteiger partial charge on any atom is -0.488 e. The Balaban J connectivity index is 1.56. The van der Waals surface area contributed by atoms with Gasteiger partial charge in [-0.25, -0.2) is 0 Å². The van der Waals surface area contributed by atoms with Crippen LogP contribution in [-0.2, 0) is 20.8 Å². The maximum atomic E-state index is 13.3. The van der Waals surface area contributed by atoms with Crippen molar-refractivity contribution in [2.24, 2.45) is 5.92 Å². The van der Waals surface area contributed by atoms with Crippen molar-refractivity contribution in [1.82, 2.24) is 9.80 Å². The molecule has 41 heavy (non-hydrogen) atoms. The fourth-order valence-electron chi connectivity index (χ4n) is 4.88. The zero-order valence-corrected chi connectivity index (χ0v) is 24.7. The van der Waals surface area contributed by atoms with Crippen molar-refractivity contribution in [2.75, 3.05) is 50.2 Å². The molecular weight excluding hydrogens is 522 g/mol. The summed E-state index contributed by atoms with van der Waals surface area (Å²) in [6, 6.07) is 12.2. The smallest absolute Gasteiger partial charge is 0.227 e. The predicted molar refractivity (Wildman–Crippen MR) is 162 cm³/mol. The average Bonchev–Trinajstić information content (AvgIpc) is 2.96. The Labute approximate surface area is 243 Å². The molecule has 224 valence electrons. The number of para-hydroxylation sites is 2. The maximum Gasteiger partial charge on any atom is 0.227 e. The number of anilines is 3. The first-order chi connectivity index (χ1) is 19.6. The molecule has 0 bridgehead atoms. The Morgan fingerprint density at radius 1 is 1.10 bits per heavy atom. The molecule has 2 aromatic rings. The Morgan fingerprint density at radius 2 is 1.78 bits per heavy atom. The molecule has 3 amide bonds. The summed E-state index contributed by atoms with van der Waals surface area (Å²) in [6.45, 7) is 4.94. The second-order valence-electron chi connectivity index (χ2n) is 11.2. The van der Waals surface area contributed by atoms with Crippen LogP contribution < -0.4 is 21.1 Å². The Bertz CT molecular complexity index is 1190. The first-order valence-electron chi connectivity index (χ1n) is 14.4. The van der Waals surface area contributed by atoms with Crippen molar-refractivity contribution in [1.29, 1.82) is 0 Å². The quantitative estimate of drug-likeness (QED) is 0.228. The van der Waals surface area contributed by atoms with E-state index in [0.717, 1.165) is 6.42 Å². The summed E-state index contributed by atoms with van der Waals surface area (Å²) in [5, 5.41) is 15.5. The lowest BCUT2D eigenvalue weighted by molar-refractivity contribution is -0.134. The van der Waals surface area contributed by atoms with E-state index in [1.165, 1.54) is 0 Å². The summed E-state index contributed by atoms with van der Waals surface area (Å²) in [7, 11) is 3.97. The third-order valence-corrected chi connectivity index (χ3v) is 7.29. The Morgan fingerprint density at radius 3 is 2.44 bits per heavy atom. The molecule has 10 nitrogen and oxygen atoms in total. The highest BCUT2D eigenvalue weighted by atomic mass is 16.5. The van der Waals surface area contributed by atoms with Crippen molar-refractivity contribution < 1.29 is 24.2 Å². The molecule has 2 aromatic carbocycles. The van der Waals surface area contributed by atoms with Crippen molar-refractivity contribution in [2.45, 2.75) is 64.5 Å². The molecule has 0 saturated carbocycles. The van der Waals surface area contributed by atoms with Crippen LogP contribution in [-0.4, -0.2) is 78.6 Å². The van der Waals surface area contributed by atoms with Crippen LogP contribution in [0.3, 0.4) is 0 Å². The number of nitrogens with two attached hydrogens (primary N) is 1. The lowest BCUT2D eigenvalue weighted by Gasteiger charge is -2.33. The number of nitrogens with one attached hydrogen (secondary N) is 2. The van der Waals surface area contributed by atoms with Crippen LogP contribution in [0.5, 0.6) is 5.75 Å². The molecule has 3 atom stereocenters. The van der Waals surface area contributed by atoms with Crippen molar-refractivity contribution in [3.8, 4) is 5.75 Å². The number of ether oxygens (including phenoxy) is 1. The topological polar surface area (TPSA) is 137 Å². The van der Waals surface area contributed by atoms with Crippen molar-refractivity contribution in [3.05, 3.63) is 48.0 Å². The van der Waals surface area contributed by atoms with Gasteiger partial charge in [0.1, 0.15) is 11.9 Å². The molecule has 1 heterocycles. The number of amides is 3. The predicted octanol–water partition coefficient (Wildman–Crippen LogP) is 3.51. The van der Waals surface area contributed by atoms with Crippen LogP contribution in [0.25, 0.3) is 0 Å². The van der Waals surface area contributed by atoms with E-state index in [1.54, 1.807) is 29.2 Å². The number of fused-ring (bicyclic) bond motifs is 1. The molecule has 0 aromatic heterocycles. The molecule has 10 heteroatoms. The van der Waals surface area contributed by atoms with E-state index in [-0.39, 0.29) is 48.8 Å². The van der Waals surface area contributed by atoms with Crippen molar-refractivity contribution >= 4 is 34.8 Å². The molecule has 5 N–H and O–H groups in total. The van der Waals surface area contributed by atoms with Gasteiger partial charge in [0, 0.05) is 43.1 Å². The summed E-state index contributed by atoms with van der Waals surface area (Å²) >= 11 is 0. The van der Waals surface area contributed by atoms with Gasteiger partial charge in [-0.15, -0.1) is 0 Å². The summed E-state index contributed by atoms with van der Waals surface area (Å²) in [4.78, 5) is 41.9. The average molecular weight is 568 g/mol. The summed E-state index contributed by atoms with van der Waals surface area (Å²) in [5.74, 6) is 0.356. The first kappa shape index (κ1) is 31.9. The molecular formula is C31H45N5O5. The molecule has 3 rings (SSSR count). The van der Waals surface area contributed by atoms with Crippen LogP contribution >= 0.6 is 0 Å². The van der Waals surface area contributed by atoms with Crippen LogP contribution in [0.1, 0.15) is 51.5 Å². The number of likely N-dealkylation sites (N-methyl/N-ethyl adjacent to an activating group) is 1. The summed E-state index contributed by atoms with van der Waals surface area (Å²) < 4.78 is 6.43. The number of benzene rings is 2. The molecule has 1 aliphatic heterocycles. The van der Waals surface area contributed by atoms with E-state index in [0.29, 0.717) is 67.1 Å². The minimum atomic E-state index is -0.308. The number of unbranched alkanes of at least 4 members (excludes halogenated alkanes) is 2. The van der Waals surface area contributed by atoms with E-state index >= 15 is 0 Å². The fraction of sp³-hybridized carbons (Fsp3) is 0.516. The standard InChI is InChI=1S/C31H45N5O5/c1-21-18-36(22(2)20-37)31(40)17-23-16-24(14-15-27(23)41-28(21)19-35(3)4)33-29(38)12-6-5-7-13-30(39)34-26-11-9-8-10-25(26)32/h8-11,14-16,21-22,28,37H,5-7,12-13,17-20,32H2,1-4H3,(H,33,38)(H,34,39)/t21-,22-,28+/m0/s1. The first-order valence-corrected chi connectivity index (χ1v) is 14.4. The summed E-state index contributed by atoms with van der Waals surface area (Å²) in [6.07, 6.45) is 2.69. The van der Waals surface area contributed by atoms with Gasteiger partial charge in [-0.05, 0) is 64.2 Å². The third-order valence-electron chi connectivity index (χ3n) is 7.29. The van der Waals surface area contributed by atoms with Gasteiger partial charge in [0.15, 0.2) is 0 Å². The van der Waals surface area contributed by atoms with Gasteiger partial charge in [0.25, 0.3) is 0 Å². The zero-order valence-electron chi connectivity index (χ0n) is 24.7. The van der Waals surface area contributed by atoms with Crippen LogP contribution in [0.4, 0.5) is 17.1 Å². The molecule has 0 unspecified atom stereocenters. The van der Waals surface area contributed by atoms with Crippen LogP contribution in [0.2, 0.25) is 0 Å². The highest BCUT2D eigenvalue weighted by Crippen LogP contribution is 2.29. The molecule has 0 radical (unpaired) electrons. The largest absolute Gasteiger partial charge is 0.488 e. The van der Waals surface area contributed by atoms with Gasteiger partial charge < -0.3 is 36.0 Å². The van der Waals surface area contributed by atoms with Gasteiger partial charge in [0.05, 0.1) is 30.4 Å². The second-order valence-corrected chi connectivity index (χ2v) is 11.2. The zero-order chi connectivity index (χ0) is 29.9. The third kappa shape index (κ3) is 9.75. The number of carbonyl (C=O) groups excluding carboxylic acids is 3. The normalized spacial score (nSPS) is 18.0. The number of aliphatic hydroxyl groups is 1. The van der Waals surface area contributed by atoms with Crippen molar-refractivity contribution in [3.63, 3.8) is 0 Å². The highest BCUT2D eigenvalue weighted by Gasteiger charge is 2.30. The number of rotatable bonds is 12. The monoisotopic (exact) mass is 567 g/mol. The van der Waals surface area contributed by atoms with Gasteiger partial charge in [0.2, 0.25) is 17.7 Å². The minimum absolute atomic E-state index is 0.0447. The van der Waals surface area contributed by atoms with Gasteiger partial charge >= 0.3 is 0 Å². The van der Waals surface area contributed by atoms with E-state index in [2.05, 4.69) is 22.5 Å². The second kappa shape index (κ2) is 15.4. The number of nitrogens with zero attached hydrogens (tertiary/aromatic N) is 2. The molecule has 0 saturated heterocycles. The Hall–Kier alpha value is -3.63. The van der Waals surface area contributed by atoms with E-state index in [4.69, 9.17) is 10.5 Å². The van der Waals surface area contributed by atoms with E-state index < -0.39 is 0 Å². The highest BCUT2D eigenvalue weighted by molar-refractivity contribution is 5.93. The van der Waals surface area contributed by atoms with Crippen LogP contribution in [0, 0.1) is 5.92 Å². The number of hydrogen-bond acceptors (Lipinski definition) is 7. The summed E-state index contributed by atoms with van der Waals surface area (Å²) in [5.41, 5.74) is 8.30. The Kier molecular flexibility index (Phi) is 12.0. The number of carbonyl (C=O) groups is 3. The molecule has 0 spiro atoms. The number of aliphatic hydroxyl groups excluding tert-OH is 1. The number of nitrogen functional groups attached to an aromatic ring is 1. The van der Waals surface area contributed by atoms with E-state index in [9.17, 15) is 19.5 Å². The number of hydrogen-bond donors (Lipinski definition) is 4. The van der Waals surface area contributed by atoms with Gasteiger partial charge in [-0.1, -0.05) is 25.5 Å². The molecule has 0 aliphatic carbocycles. The van der Waals surface area contributed by atoms with Gasteiger partial charge in [-0.3, -0.25) is 14.4 Å². The SMILES string of the molecule is C[C@H]1CN([C@@H](C)CO)C(=O)Cc2cc(NC(=O)CCCCCC(=O)Nc3ccccc3N)ccc2O[C@@H]1CN(C)C. The lowest BCUT2D eigenvalue weighted by atomic mass is 10.0. The van der Waals surface area contributed by atoms with Gasteiger partial charge in [-0.2, -0.15) is 0 Å².